The van der Waals surface area contributed by atoms with Crippen molar-refractivity contribution in [3.8, 4) is 0 Å². The molecule has 0 saturated heterocycles. The van der Waals surface area contributed by atoms with E-state index in [1.54, 1.807) is 6.20 Å². The molecule has 1 atom stereocenters. The van der Waals surface area contributed by atoms with Crippen LogP contribution in [0.1, 0.15) is 23.5 Å². The van der Waals surface area contributed by atoms with Crippen molar-refractivity contribution in [3.05, 3.63) is 41.8 Å². The fourth-order valence-corrected chi connectivity index (χ4v) is 1.23. The Morgan fingerprint density at radius 1 is 1.44 bits per heavy atom. The molecule has 16 heavy (non-hydrogen) atoms. The van der Waals surface area contributed by atoms with Crippen molar-refractivity contribution < 1.29 is 9.63 Å². The van der Waals surface area contributed by atoms with Crippen LogP contribution in [0.5, 0.6) is 0 Å². The van der Waals surface area contributed by atoms with Crippen LogP contribution in [-0.4, -0.2) is 26.8 Å². The zero-order valence-corrected chi connectivity index (χ0v) is 8.58. The lowest BCUT2D eigenvalue weighted by atomic mass is 10.2. The molecule has 2 aromatic heterocycles. The number of aliphatic hydroxyl groups excluding tert-OH is 1. The van der Waals surface area contributed by atoms with Crippen molar-refractivity contribution in [2.75, 3.05) is 6.61 Å². The molecule has 0 aliphatic carbocycles. The molecular formula is C10H12N4O2. The Morgan fingerprint density at radius 3 is 3.00 bits per heavy atom. The smallest absolute Gasteiger partial charge is 0.245 e. The molecule has 0 amide bonds. The van der Waals surface area contributed by atoms with Gasteiger partial charge in [-0.15, -0.1) is 0 Å². The van der Waals surface area contributed by atoms with Gasteiger partial charge in [0.05, 0.1) is 13.0 Å². The number of hydrogen-bond donors (Lipinski definition) is 2. The lowest BCUT2D eigenvalue weighted by Gasteiger charge is -1.98. The average Bonchev–Trinajstić information content (AvgIpc) is 2.78. The Bertz CT molecular complexity index is 443. The second-order valence-corrected chi connectivity index (χ2v) is 3.34. The summed E-state index contributed by atoms with van der Waals surface area (Å²) >= 11 is 0. The first kappa shape index (κ1) is 10.7. The standard InChI is InChI=1S/C10H12N4O2/c11-8(6-15)10-13-9(14-16-10)5-7-3-1-2-4-12-7/h1-4,8,15H,5-6,11H2/t8-/m1/s1. The van der Waals surface area contributed by atoms with Crippen LogP contribution in [0.15, 0.2) is 28.9 Å². The molecule has 0 fully saturated rings. The zero-order chi connectivity index (χ0) is 11.4. The maximum Gasteiger partial charge on any atom is 0.245 e. The molecule has 0 unspecified atom stereocenters. The maximum atomic E-state index is 8.82. The first-order chi connectivity index (χ1) is 7.79. The highest BCUT2D eigenvalue weighted by Gasteiger charge is 2.13. The van der Waals surface area contributed by atoms with Crippen molar-refractivity contribution >= 4 is 0 Å². The molecule has 2 heterocycles. The van der Waals surface area contributed by atoms with Gasteiger partial charge in [0.1, 0.15) is 6.04 Å². The van der Waals surface area contributed by atoms with Gasteiger partial charge in [-0.3, -0.25) is 4.98 Å². The van der Waals surface area contributed by atoms with E-state index in [-0.39, 0.29) is 12.5 Å². The van der Waals surface area contributed by atoms with E-state index in [2.05, 4.69) is 15.1 Å². The molecule has 0 aromatic carbocycles. The highest BCUT2D eigenvalue weighted by atomic mass is 16.5. The topological polar surface area (TPSA) is 98.1 Å². The van der Waals surface area contributed by atoms with Crippen LogP contribution >= 0.6 is 0 Å². The summed E-state index contributed by atoms with van der Waals surface area (Å²) in [5, 5.41) is 12.6. The van der Waals surface area contributed by atoms with Gasteiger partial charge in [0, 0.05) is 11.9 Å². The number of rotatable bonds is 4. The van der Waals surface area contributed by atoms with Crippen LogP contribution < -0.4 is 5.73 Å². The number of aromatic nitrogens is 3. The summed E-state index contributed by atoms with van der Waals surface area (Å²) < 4.78 is 4.92. The van der Waals surface area contributed by atoms with Crippen LogP contribution in [0, 0.1) is 0 Å². The summed E-state index contributed by atoms with van der Waals surface area (Å²) in [5.74, 6) is 0.756. The van der Waals surface area contributed by atoms with Crippen molar-refractivity contribution in [2.45, 2.75) is 12.5 Å². The van der Waals surface area contributed by atoms with Gasteiger partial charge in [0.25, 0.3) is 0 Å². The number of pyridine rings is 1. The monoisotopic (exact) mass is 220 g/mol. The van der Waals surface area contributed by atoms with E-state index >= 15 is 0 Å². The summed E-state index contributed by atoms with van der Waals surface area (Å²) in [5.41, 5.74) is 6.39. The van der Waals surface area contributed by atoms with Gasteiger partial charge in [-0.2, -0.15) is 4.98 Å². The van der Waals surface area contributed by atoms with E-state index in [0.29, 0.717) is 12.2 Å². The molecule has 0 spiro atoms. The third kappa shape index (κ3) is 2.41. The molecule has 6 heteroatoms. The summed E-state index contributed by atoms with van der Waals surface area (Å²) in [7, 11) is 0. The highest BCUT2D eigenvalue weighted by molar-refractivity contribution is 5.09. The predicted molar refractivity (Wildman–Crippen MR) is 55.4 cm³/mol. The molecule has 84 valence electrons. The lowest BCUT2D eigenvalue weighted by Crippen LogP contribution is -2.14. The minimum absolute atomic E-state index is 0.217. The van der Waals surface area contributed by atoms with Crippen molar-refractivity contribution in [1.82, 2.24) is 15.1 Å². The fraction of sp³-hybridized carbons (Fsp3) is 0.300. The van der Waals surface area contributed by atoms with E-state index < -0.39 is 6.04 Å². The van der Waals surface area contributed by atoms with Gasteiger partial charge in [-0.1, -0.05) is 11.2 Å². The number of nitrogens with two attached hydrogens (primary N) is 1. The normalized spacial score (nSPS) is 12.6. The fourth-order valence-electron chi connectivity index (χ4n) is 1.23. The number of aliphatic hydroxyl groups is 1. The quantitative estimate of drug-likeness (QED) is 0.755. The van der Waals surface area contributed by atoms with Crippen LogP contribution in [0.4, 0.5) is 0 Å². The summed E-state index contributed by atoms with van der Waals surface area (Å²) in [4.78, 5) is 8.22. The molecule has 0 saturated carbocycles. The van der Waals surface area contributed by atoms with E-state index in [1.807, 2.05) is 18.2 Å². The first-order valence-electron chi connectivity index (χ1n) is 4.88. The third-order valence-electron chi connectivity index (χ3n) is 2.06. The molecule has 2 rings (SSSR count). The average molecular weight is 220 g/mol. The van der Waals surface area contributed by atoms with Gasteiger partial charge in [-0.05, 0) is 12.1 Å². The Morgan fingerprint density at radius 2 is 2.31 bits per heavy atom. The van der Waals surface area contributed by atoms with Gasteiger partial charge >= 0.3 is 0 Å². The SMILES string of the molecule is N[C@H](CO)c1nc(Cc2ccccn2)no1. The van der Waals surface area contributed by atoms with Gasteiger partial charge in [0.15, 0.2) is 5.82 Å². The molecule has 6 nitrogen and oxygen atoms in total. The minimum atomic E-state index is -0.620. The Labute approximate surface area is 92.1 Å². The molecule has 0 bridgehead atoms. The molecule has 3 N–H and O–H groups in total. The van der Waals surface area contributed by atoms with Gasteiger partial charge in [0.2, 0.25) is 5.89 Å². The number of nitrogens with zero attached hydrogens (tertiary/aromatic N) is 3. The van der Waals surface area contributed by atoms with Crippen LogP contribution in [0.2, 0.25) is 0 Å². The van der Waals surface area contributed by atoms with Gasteiger partial charge in [-0.25, -0.2) is 0 Å². The van der Waals surface area contributed by atoms with E-state index in [4.69, 9.17) is 15.4 Å². The molecule has 0 aliphatic rings. The number of hydrogen-bond acceptors (Lipinski definition) is 6. The Balaban J connectivity index is 2.09. The van der Waals surface area contributed by atoms with Gasteiger partial charge < -0.3 is 15.4 Å². The zero-order valence-electron chi connectivity index (χ0n) is 8.58. The highest BCUT2D eigenvalue weighted by Crippen LogP contribution is 2.08. The summed E-state index contributed by atoms with van der Waals surface area (Å²) in [6.07, 6.45) is 2.19. The molecule has 0 radical (unpaired) electrons. The van der Waals surface area contributed by atoms with Crippen LogP contribution in [-0.2, 0) is 6.42 Å². The Hall–Kier alpha value is -1.79. The molecule has 0 aliphatic heterocycles. The minimum Gasteiger partial charge on any atom is -0.394 e. The third-order valence-corrected chi connectivity index (χ3v) is 2.06. The van der Waals surface area contributed by atoms with Crippen molar-refractivity contribution in [1.29, 1.82) is 0 Å². The van der Waals surface area contributed by atoms with Crippen molar-refractivity contribution in [3.63, 3.8) is 0 Å². The van der Waals surface area contributed by atoms with Crippen LogP contribution in [0.25, 0.3) is 0 Å². The lowest BCUT2D eigenvalue weighted by molar-refractivity contribution is 0.236. The second kappa shape index (κ2) is 4.82. The summed E-state index contributed by atoms with van der Waals surface area (Å²) in [6, 6.07) is 4.99. The second-order valence-electron chi connectivity index (χ2n) is 3.34. The summed E-state index contributed by atoms with van der Waals surface area (Å²) in [6.45, 7) is -0.217. The van der Waals surface area contributed by atoms with Crippen molar-refractivity contribution in [2.24, 2.45) is 5.73 Å². The Kier molecular flexibility index (Phi) is 3.23. The van der Waals surface area contributed by atoms with E-state index in [0.717, 1.165) is 5.69 Å². The van der Waals surface area contributed by atoms with E-state index in [9.17, 15) is 0 Å². The van der Waals surface area contributed by atoms with Crippen LogP contribution in [0.3, 0.4) is 0 Å². The largest absolute Gasteiger partial charge is 0.394 e. The molecule has 2 aromatic rings. The first-order valence-corrected chi connectivity index (χ1v) is 4.88. The maximum absolute atomic E-state index is 8.82. The van der Waals surface area contributed by atoms with E-state index in [1.165, 1.54) is 0 Å². The predicted octanol–water partition coefficient (Wildman–Crippen LogP) is 0.0475. The molecular weight excluding hydrogens is 208 g/mol.